The number of anilines is 1. The van der Waals surface area contributed by atoms with E-state index in [1.165, 1.54) is 12.1 Å². The van der Waals surface area contributed by atoms with Gasteiger partial charge in [-0.3, -0.25) is 0 Å². The predicted molar refractivity (Wildman–Crippen MR) is 76.6 cm³/mol. The molecule has 102 valence electrons. The van der Waals surface area contributed by atoms with Crippen molar-refractivity contribution in [1.29, 1.82) is 5.26 Å². The Kier molecular flexibility index (Phi) is 3.90. The highest BCUT2D eigenvalue weighted by atomic mass is 19.1. The maximum atomic E-state index is 13.5. The molecule has 4 heteroatoms. The highest BCUT2D eigenvalue weighted by Crippen LogP contribution is 2.32. The molecule has 20 heavy (non-hydrogen) atoms. The molecule has 2 aromatic carbocycles. The lowest BCUT2D eigenvalue weighted by atomic mass is 9.96. The van der Waals surface area contributed by atoms with E-state index in [9.17, 15) is 9.50 Å². The van der Waals surface area contributed by atoms with Crippen LogP contribution in [0.5, 0.6) is 5.75 Å². The number of hydrogen-bond acceptors (Lipinski definition) is 3. The number of phenols is 1. The van der Waals surface area contributed by atoms with Crippen molar-refractivity contribution >= 4 is 5.69 Å². The zero-order chi connectivity index (χ0) is 14.7. The number of nitrogens with two attached hydrogens (primary N) is 1. The van der Waals surface area contributed by atoms with Crippen LogP contribution in [0, 0.1) is 17.1 Å². The van der Waals surface area contributed by atoms with Crippen LogP contribution in [0.25, 0.3) is 11.1 Å². The number of hydrogen-bond donors (Lipinski definition) is 2. The van der Waals surface area contributed by atoms with Crippen molar-refractivity contribution in [3.05, 3.63) is 47.3 Å². The summed E-state index contributed by atoms with van der Waals surface area (Å²) in [4.78, 5) is 0. The first kappa shape index (κ1) is 13.9. The average Bonchev–Trinajstić information content (AvgIpc) is 2.44. The van der Waals surface area contributed by atoms with E-state index in [0.717, 1.165) is 18.4 Å². The summed E-state index contributed by atoms with van der Waals surface area (Å²) in [5.41, 5.74) is 8.84. The zero-order valence-corrected chi connectivity index (χ0v) is 11.2. The molecule has 2 rings (SSSR count). The fraction of sp³-hybridized carbons (Fsp3) is 0.188. The maximum absolute atomic E-state index is 13.5. The fourth-order valence-electron chi connectivity index (χ4n) is 2.15. The third kappa shape index (κ3) is 2.57. The molecule has 0 heterocycles. The summed E-state index contributed by atoms with van der Waals surface area (Å²) in [6.45, 7) is 2.04. The van der Waals surface area contributed by atoms with Crippen LogP contribution in [-0.2, 0) is 6.42 Å². The van der Waals surface area contributed by atoms with Crippen molar-refractivity contribution in [2.24, 2.45) is 0 Å². The van der Waals surface area contributed by atoms with Crippen molar-refractivity contribution in [1.82, 2.24) is 0 Å². The Morgan fingerprint density at radius 2 is 2.05 bits per heavy atom. The van der Waals surface area contributed by atoms with Gasteiger partial charge in [-0.25, -0.2) is 4.39 Å². The Morgan fingerprint density at radius 1 is 1.30 bits per heavy atom. The lowest BCUT2D eigenvalue weighted by Crippen LogP contribution is -1.98. The standard InChI is InChI=1S/C16H15FN2O/c1-2-3-10-6-12(9-18)16(19)13(7-10)11-4-5-15(20)14(17)8-11/h4-8,20H,2-3,19H2,1H3. The van der Waals surface area contributed by atoms with Crippen LogP contribution in [0.1, 0.15) is 24.5 Å². The van der Waals surface area contributed by atoms with Crippen molar-refractivity contribution in [2.75, 3.05) is 5.73 Å². The molecule has 0 aliphatic rings. The first-order chi connectivity index (χ1) is 9.56. The van der Waals surface area contributed by atoms with Gasteiger partial charge in [-0.1, -0.05) is 19.4 Å². The first-order valence-corrected chi connectivity index (χ1v) is 6.38. The van der Waals surface area contributed by atoms with Gasteiger partial charge in [-0.2, -0.15) is 5.26 Å². The molecule has 0 bridgehead atoms. The Balaban J connectivity index is 2.62. The molecular formula is C16H15FN2O. The predicted octanol–water partition coefficient (Wildman–Crippen LogP) is 3.60. The maximum Gasteiger partial charge on any atom is 0.165 e. The van der Waals surface area contributed by atoms with Gasteiger partial charge in [-0.05, 0) is 41.8 Å². The Hall–Kier alpha value is -2.54. The highest BCUT2D eigenvalue weighted by molar-refractivity contribution is 5.81. The summed E-state index contributed by atoms with van der Waals surface area (Å²) < 4.78 is 13.5. The second kappa shape index (κ2) is 5.62. The van der Waals surface area contributed by atoms with Gasteiger partial charge in [0.2, 0.25) is 0 Å². The number of halogens is 1. The molecule has 0 saturated heterocycles. The SMILES string of the molecule is CCCc1cc(C#N)c(N)c(-c2ccc(O)c(F)c2)c1. The minimum atomic E-state index is -0.707. The van der Waals surface area contributed by atoms with E-state index in [0.29, 0.717) is 22.4 Å². The highest BCUT2D eigenvalue weighted by Gasteiger charge is 2.11. The molecule has 0 radical (unpaired) electrons. The van der Waals surface area contributed by atoms with Crippen LogP contribution < -0.4 is 5.73 Å². The van der Waals surface area contributed by atoms with Gasteiger partial charge in [0.1, 0.15) is 6.07 Å². The first-order valence-electron chi connectivity index (χ1n) is 6.38. The fourth-order valence-corrected chi connectivity index (χ4v) is 2.15. The molecule has 0 unspecified atom stereocenters. The summed E-state index contributed by atoms with van der Waals surface area (Å²) in [6.07, 6.45) is 1.76. The topological polar surface area (TPSA) is 70.0 Å². The number of nitriles is 1. The van der Waals surface area contributed by atoms with Gasteiger partial charge >= 0.3 is 0 Å². The molecule has 0 aromatic heterocycles. The monoisotopic (exact) mass is 270 g/mol. The number of rotatable bonds is 3. The Labute approximate surface area is 117 Å². The van der Waals surface area contributed by atoms with Crippen LogP contribution in [0.2, 0.25) is 0 Å². The van der Waals surface area contributed by atoms with Gasteiger partial charge in [0.25, 0.3) is 0 Å². The third-order valence-electron chi connectivity index (χ3n) is 3.16. The number of nitrogen functional groups attached to an aromatic ring is 1. The number of benzene rings is 2. The van der Waals surface area contributed by atoms with Crippen molar-refractivity contribution < 1.29 is 9.50 Å². The van der Waals surface area contributed by atoms with E-state index in [2.05, 4.69) is 6.07 Å². The molecule has 0 aliphatic heterocycles. The van der Waals surface area contributed by atoms with E-state index in [-0.39, 0.29) is 0 Å². The van der Waals surface area contributed by atoms with Crippen molar-refractivity contribution in [2.45, 2.75) is 19.8 Å². The van der Waals surface area contributed by atoms with E-state index >= 15 is 0 Å². The second-order valence-corrected chi connectivity index (χ2v) is 4.63. The van der Waals surface area contributed by atoms with Gasteiger partial charge in [-0.15, -0.1) is 0 Å². The lowest BCUT2D eigenvalue weighted by Gasteiger charge is -2.11. The Morgan fingerprint density at radius 3 is 2.65 bits per heavy atom. The molecule has 0 fully saturated rings. The second-order valence-electron chi connectivity index (χ2n) is 4.63. The summed E-state index contributed by atoms with van der Waals surface area (Å²) in [6, 6.07) is 9.78. The number of phenolic OH excluding ortho intramolecular Hbond substituents is 1. The number of nitrogens with zero attached hydrogens (tertiary/aromatic N) is 1. The summed E-state index contributed by atoms with van der Waals surface area (Å²) >= 11 is 0. The normalized spacial score (nSPS) is 10.2. The van der Waals surface area contributed by atoms with E-state index in [1.807, 2.05) is 13.0 Å². The van der Waals surface area contributed by atoms with Gasteiger partial charge < -0.3 is 10.8 Å². The third-order valence-corrected chi connectivity index (χ3v) is 3.16. The number of aryl methyl sites for hydroxylation is 1. The van der Waals surface area contributed by atoms with E-state index < -0.39 is 11.6 Å². The molecule has 3 N–H and O–H groups in total. The largest absolute Gasteiger partial charge is 0.505 e. The van der Waals surface area contributed by atoms with Crippen LogP contribution in [0.15, 0.2) is 30.3 Å². The molecule has 0 atom stereocenters. The van der Waals surface area contributed by atoms with Gasteiger partial charge in [0.15, 0.2) is 11.6 Å². The smallest absolute Gasteiger partial charge is 0.165 e. The summed E-state index contributed by atoms with van der Waals surface area (Å²) in [5, 5.41) is 18.4. The molecule has 2 aromatic rings. The van der Waals surface area contributed by atoms with E-state index in [1.54, 1.807) is 12.1 Å². The van der Waals surface area contributed by atoms with Crippen LogP contribution in [-0.4, -0.2) is 5.11 Å². The van der Waals surface area contributed by atoms with Gasteiger partial charge in [0, 0.05) is 5.56 Å². The van der Waals surface area contributed by atoms with Crippen LogP contribution in [0.3, 0.4) is 0 Å². The lowest BCUT2D eigenvalue weighted by molar-refractivity contribution is 0.432. The van der Waals surface area contributed by atoms with Crippen LogP contribution in [0.4, 0.5) is 10.1 Å². The quantitative estimate of drug-likeness (QED) is 0.837. The summed E-state index contributed by atoms with van der Waals surface area (Å²) in [7, 11) is 0. The number of aromatic hydroxyl groups is 1. The molecule has 0 spiro atoms. The molecule has 0 aliphatic carbocycles. The summed E-state index contributed by atoms with van der Waals surface area (Å²) in [5.74, 6) is -1.11. The molecule has 0 amide bonds. The van der Waals surface area contributed by atoms with E-state index in [4.69, 9.17) is 11.0 Å². The molecular weight excluding hydrogens is 255 g/mol. The average molecular weight is 270 g/mol. The zero-order valence-electron chi connectivity index (χ0n) is 11.2. The minimum Gasteiger partial charge on any atom is -0.505 e. The Bertz CT molecular complexity index is 690. The van der Waals surface area contributed by atoms with Crippen LogP contribution >= 0.6 is 0 Å². The molecule has 3 nitrogen and oxygen atoms in total. The van der Waals surface area contributed by atoms with Gasteiger partial charge in [0.05, 0.1) is 11.3 Å². The molecule has 0 saturated carbocycles. The van der Waals surface area contributed by atoms with Crippen molar-refractivity contribution in [3.63, 3.8) is 0 Å². The van der Waals surface area contributed by atoms with Crippen molar-refractivity contribution in [3.8, 4) is 22.9 Å². The minimum absolute atomic E-state index is 0.331.